The van der Waals surface area contributed by atoms with Gasteiger partial charge in [-0.25, -0.2) is 8.78 Å². The van der Waals surface area contributed by atoms with Crippen molar-refractivity contribution in [2.24, 2.45) is 5.73 Å². The van der Waals surface area contributed by atoms with E-state index in [4.69, 9.17) is 5.73 Å². The number of primary amides is 1. The van der Waals surface area contributed by atoms with Crippen LogP contribution >= 0.6 is 11.8 Å². The van der Waals surface area contributed by atoms with Crippen molar-refractivity contribution < 1.29 is 18.4 Å². The van der Waals surface area contributed by atoms with Crippen LogP contribution in [0.4, 0.5) is 14.5 Å². The monoisotopic (exact) mass is 287 g/mol. The number of hydrogen-bond donors (Lipinski definition) is 3. The fraction of sp³-hybridized carbons (Fsp3) is 0.273. The van der Waals surface area contributed by atoms with E-state index in [-0.39, 0.29) is 5.69 Å². The van der Waals surface area contributed by atoms with Crippen LogP contribution in [0.25, 0.3) is 0 Å². The largest absolute Gasteiger partial charge is 0.366 e. The van der Waals surface area contributed by atoms with E-state index in [0.29, 0.717) is 17.7 Å². The number of nitrogens with two attached hydrogens (primary N) is 1. The summed E-state index contributed by atoms with van der Waals surface area (Å²) in [5.74, 6) is -2.28. The molecule has 2 amide bonds. The molecule has 1 saturated heterocycles. The van der Waals surface area contributed by atoms with Crippen LogP contribution in [0, 0.1) is 11.6 Å². The molecule has 2 rings (SSSR count). The maximum atomic E-state index is 13.5. The summed E-state index contributed by atoms with van der Waals surface area (Å²) in [4.78, 5) is 22.7. The number of nitrogens with one attached hydrogen (secondary N) is 2. The molecule has 1 aliphatic rings. The number of amides is 2. The van der Waals surface area contributed by atoms with Crippen molar-refractivity contribution in [1.82, 2.24) is 5.32 Å². The normalized spacial score (nSPS) is 18.3. The summed E-state index contributed by atoms with van der Waals surface area (Å²) in [7, 11) is 0. The van der Waals surface area contributed by atoms with Crippen LogP contribution in [0.5, 0.6) is 0 Å². The van der Waals surface area contributed by atoms with Gasteiger partial charge in [-0.15, -0.1) is 11.8 Å². The highest BCUT2D eigenvalue weighted by Crippen LogP contribution is 2.20. The van der Waals surface area contributed by atoms with Gasteiger partial charge in [-0.1, -0.05) is 0 Å². The number of rotatable bonds is 3. The number of carbonyl (C=O) groups is 2. The van der Waals surface area contributed by atoms with E-state index < -0.39 is 35.1 Å². The average molecular weight is 287 g/mol. The first-order valence-corrected chi connectivity index (χ1v) is 6.55. The van der Waals surface area contributed by atoms with Crippen molar-refractivity contribution in [3.8, 4) is 0 Å². The predicted molar refractivity (Wildman–Crippen MR) is 67.8 cm³/mol. The third-order valence-corrected chi connectivity index (χ3v) is 3.55. The number of thioether (sulfide) groups is 1. The minimum atomic E-state index is -1.06. The first-order chi connectivity index (χ1) is 8.99. The van der Waals surface area contributed by atoms with Gasteiger partial charge in [0.05, 0.1) is 17.3 Å². The molecule has 0 saturated carbocycles. The minimum absolute atomic E-state index is 0.265. The van der Waals surface area contributed by atoms with Crippen LogP contribution in [0.3, 0.4) is 0 Å². The molecule has 1 aromatic rings. The lowest BCUT2D eigenvalue weighted by Crippen LogP contribution is -2.37. The van der Waals surface area contributed by atoms with E-state index in [1.54, 1.807) is 0 Å². The third kappa shape index (κ3) is 3.02. The minimum Gasteiger partial charge on any atom is -0.366 e. The molecule has 0 aliphatic carbocycles. The summed E-state index contributed by atoms with van der Waals surface area (Å²) in [6.45, 7) is 0. The Kier molecular flexibility index (Phi) is 4.01. The summed E-state index contributed by atoms with van der Waals surface area (Å²) in [6.07, 6.45) is 0. The summed E-state index contributed by atoms with van der Waals surface area (Å²) in [5.41, 5.74) is 4.22. The number of benzene rings is 1. The van der Waals surface area contributed by atoms with Gasteiger partial charge in [-0.05, 0) is 6.07 Å². The van der Waals surface area contributed by atoms with Crippen molar-refractivity contribution in [1.29, 1.82) is 0 Å². The fourth-order valence-corrected chi connectivity index (χ4v) is 2.56. The van der Waals surface area contributed by atoms with Gasteiger partial charge >= 0.3 is 0 Å². The Bertz CT molecular complexity index is 533. The topological polar surface area (TPSA) is 84.2 Å². The second-order valence-electron chi connectivity index (χ2n) is 3.94. The maximum Gasteiger partial charge on any atom is 0.251 e. The summed E-state index contributed by atoms with van der Waals surface area (Å²) >= 11 is 1.54. The summed E-state index contributed by atoms with van der Waals surface area (Å²) < 4.78 is 26.8. The van der Waals surface area contributed by atoms with E-state index in [2.05, 4.69) is 10.6 Å². The van der Waals surface area contributed by atoms with Gasteiger partial charge in [0.2, 0.25) is 5.91 Å². The van der Waals surface area contributed by atoms with Crippen molar-refractivity contribution >= 4 is 29.3 Å². The SMILES string of the molecule is NC(=O)c1cc(NC(=O)C2CSCN2)c(F)cc1F. The zero-order valence-electron chi connectivity index (χ0n) is 9.70. The highest BCUT2D eigenvalue weighted by Gasteiger charge is 2.24. The molecule has 1 fully saturated rings. The van der Waals surface area contributed by atoms with Gasteiger partial charge in [-0.2, -0.15) is 0 Å². The Morgan fingerprint density at radius 2 is 2.11 bits per heavy atom. The number of carbonyl (C=O) groups excluding carboxylic acids is 2. The van der Waals surface area contributed by atoms with Crippen molar-refractivity contribution in [3.63, 3.8) is 0 Å². The smallest absolute Gasteiger partial charge is 0.251 e. The highest BCUT2D eigenvalue weighted by molar-refractivity contribution is 7.99. The first kappa shape index (κ1) is 13.8. The fourth-order valence-electron chi connectivity index (χ4n) is 1.62. The highest BCUT2D eigenvalue weighted by atomic mass is 32.2. The molecular formula is C11H11F2N3O2S. The van der Waals surface area contributed by atoms with Gasteiger partial charge in [0.1, 0.15) is 11.6 Å². The second-order valence-corrected chi connectivity index (χ2v) is 4.97. The van der Waals surface area contributed by atoms with Crippen LogP contribution in [-0.2, 0) is 4.79 Å². The molecule has 1 aromatic carbocycles. The zero-order chi connectivity index (χ0) is 14.0. The van der Waals surface area contributed by atoms with Gasteiger partial charge in [0, 0.05) is 17.7 Å². The molecule has 0 radical (unpaired) electrons. The molecule has 8 heteroatoms. The van der Waals surface area contributed by atoms with Crippen molar-refractivity contribution in [2.45, 2.75) is 6.04 Å². The molecular weight excluding hydrogens is 276 g/mol. The first-order valence-electron chi connectivity index (χ1n) is 5.40. The number of hydrogen-bond acceptors (Lipinski definition) is 4. The van der Waals surface area contributed by atoms with Crippen LogP contribution < -0.4 is 16.4 Å². The van der Waals surface area contributed by atoms with Crippen molar-refractivity contribution in [3.05, 3.63) is 29.3 Å². The standard InChI is InChI=1S/C11H11F2N3O2S/c12-6-2-7(13)8(1-5(6)10(14)17)16-11(18)9-3-19-4-15-9/h1-2,9,15H,3-4H2,(H2,14,17)(H,16,18). The molecule has 5 nitrogen and oxygen atoms in total. The Morgan fingerprint density at radius 3 is 2.68 bits per heavy atom. The molecule has 19 heavy (non-hydrogen) atoms. The maximum absolute atomic E-state index is 13.5. The zero-order valence-corrected chi connectivity index (χ0v) is 10.5. The van der Waals surface area contributed by atoms with E-state index in [1.807, 2.05) is 0 Å². The van der Waals surface area contributed by atoms with Gasteiger partial charge in [0.25, 0.3) is 5.91 Å². The number of halogens is 2. The number of anilines is 1. The molecule has 0 spiro atoms. The summed E-state index contributed by atoms with van der Waals surface area (Å²) in [6, 6.07) is 0.978. The third-order valence-electron chi connectivity index (χ3n) is 2.61. The van der Waals surface area contributed by atoms with E-state index >= 15 is 0 Å². The summed E-state index contributed by atoms with van der Waals surface area (Å²) in [5, 5.41) is 5.22. The van der Waals surface area contributed by atoms with Gasteiger partial charge in [0.15, 0.2) is 0 Å². The Hall–Kier alpha value is -1.67. The quantitative estimate of drug-likeness (QED) is 0.762. The molecule has 1 aliphatic heterocycles. The van der Waals surface area contributed by atoms with E-state index in [9.17, 15) is 18.4 Å². The van der Waals surface area contributed by atoms with E-state index in [1.165, 1.54) is 11.8 Å². The second kappa shape index (κ2) is 5.54. The molecule has 0 aromatic heterocycles. The molecule has 102 valence electrons. The Labute approximate surface area is 111 Å². The lowest BCUT2D eigenvalue weighted by molar-refractivity contribution is -0.117. The van der Waals surface area contributed by atoms with Crippen LogP contribution in [0.2, 0.25) is 0 Å². The molecule has 1 heterocycles. The van der Waals surface area contributed by atoms with E-state index in [0.717, 1.165) is 6.07 Å². The molecule has 1 unspecified atom stereocenters. The lowest BCUT2D eigenvalue weighted by atomic mass is 10.1. The molecule has 4 N–H and O–H groups in total. The Balaban J connectivity index is 2.21. The lowest BCUT2D eigenvalue weighted by Gasteiger charge is -2.12. The van der Waals surface area contributed by atoms with Crippen LogP contribution in [0.1, 0.15) is 10.4 Å². The Morgan fingerprint density at radius 1 is 1.37 bits per heavy atom. The van der Waals surface area contributed by atoms with Crippen molar-refractivity contribution in [2.75, 3.05) is 16.9 Å². The van der Waals surface area contributed by atoms with Gasteiger partial charge < -0.3 is 11.1 Å². The molecule has 1 atom stereocenters. The van der Waals surface area contributed by atoms with Gasteiger partial charge in [-0.3, -0.25) is 14.9 Å². The molecule has 0 bridgehead atoms. The average Bonchev–Trinajstić information content (AvgIpc) is 2.85. The van der Waals surface area contributed by atoms with Crippen LogP contribution in [-0.4, -0.2) is 29.5 Å². The predicted octanol–water partition coefficient (Wildman–Crippen LogP) is 0.665. The van der Waals surface area contributed by atoms with Crippen LogP contribution in [0.15, 0.2) is 12.1 Å².